The van der Waals surface area contributed by atoms with Crippen molar-refractivity contribution in [3.8, 4) is 5.82 Å². The topological polar surface area (TPSA) is 108 Å². The summed E-state index contributed by atoms with van der Waals surface area (Å²) in [5.41, 5.74) is 1.33. The fraction of sp³-hybridized carbons (Fsp3) is 0.357. The third-order valence-electron chi connectivity index (χ3n) is 7.42. The highest BCUT2D eigenvalue weighted by Crippen LogP contribution is 2.24. The molecule has 0 radical (unpaired) electrons. The number of nitrogens with one attached hydrogen (secondary N) is 1. The summed E-state index contributed by atoms with van der Waals surface area (Å²) in [4.78, 5) is 37.5. The molecular formula is C28H32N10O. The fourth-order valence-electron chi connectivity index (χ4n) is 5.20. The summed E-state index contributed by atoms with van der Waals surface area (Å²) in [6.07, 6.45) is 8.16. The van der Waals surface area contributed by atoms with Crippen LogP contribution in [-0.2, 0) is 11.3 Å². The van der Waals surface area contributed by atoms with Gasteiger partial charge < -0.3 is 15.1 Å². The number of amides is 1. The molecule has 3 aromatic heterocycles. The zero-order chi connectivity index (χ0) is 26.4. The molecule has 2 aliphatic rings. The van der Waals surface area contributed by atoms with Crippen molar-refractivity contribution in [2.45, 2.75) is 19.4 Å². The first-order chi connectivity index (χ1) is 19.2. The first-order valence-corrected chi connectivity index (χ1v) is 13.4. The van der Waals surface area contributed by atoms with E-state index in [0.29, 0.717) is 5.82 Å². The number of nitrogens with zero attached hydrogens (tertiary/aromatic N) is 9. The van der Waals surface area contributed by atoms with Crippen LogP contribution in [0.3, 0.4) is 0 Å². The molecule has 6 rings (SSSR count). The van der Waals surface area contributed by atoms with Crippen molar-refractivity contribution in [1.29, 1.82) is 0 Å². The van der Waals surface area contributed by atoms with Crippen molar-refractivity contribution >= 4 is 23.4 Å². The maximum Gasteiger partial charge on any atom is 0.228 e. The summed E-state index contributed by atoms with van der Waals surface area (Å²) in [5, 5.41) is 7.27. The lowest BCUT2D eigenvalue weighted by molar-refractivity contribution is -0.120. The number of carbonyl (C=O) groups excluding carboxylic acids is 1. The minimum absolute atomic E-state index is 0.00639. The highest BCUT2D eigenvalue weighted by atomic mass is 16.2. The van der Waals surface area contributed by atoms with Crippen LogP contribution in [-0.4, -0.2) is 79.8 Å². The van der Waals surface area contributed by atoms with E-state index in [9.17, 15) is 4.79 Å². The van der Waals surface area contributed by atoms with Gasteiger partial charge >= 0.3 is 0 Å². The SMILES string of the molecule is O=C(Nc1cc(N2CCN(Cc3ccccc3)CC2)ncn1)C1CCN(c2cc(-n3cccn3)ncn2)CC1. The fourth-order valence-corrected chi connectivity index (χ4v) is 5.20. The van der Waals surface area contributed by atoms with E-state index in [4.69, 9.17) is 0 Å². The molecule has 5 heterocycles. The standard InChI is InChI=1S/C28H32N10O/c39-28(23-7-11-36(12-8-23)26-18-27(32-21-31-26)38-10-4-9-33-38)34-24-17-25(30-20-29-24)37-15-13-35(14-16-37)19-22-5-2-1-3-6-22/h1-6,9-10,17-18,20-21,23H,7-8,11-16,19H2,(H,29,30,34,39). The average Bonchev–Trinajstić information content (AvgIpc) is 3.54. The van der Waals surface area contributed by atoms with Crippen LogP contribution >= 0.6 is 0 Å². The second-order valence-electron chi connectivity index (χ2n) is 9.95. The van der Waals surface area contributed by atoms with E-state index in [1.54, 1.807) is 17.2 Å². The molecule has 2 aliphatic heterocycles. The number of rotatable bonds is 7. The van der Waals surface area contributed by atoms with Gasteiger partial charge in [-0.2, -0.15) is 5.10 Å². The zero-order valence-electron chi connectivity index (χ0n) is 21.8. The van der Waals surface area contributed by atoms with Crippen LogP contribution < -0.4 is 15.1 Å². The molecule has 1 N–H and O–H groups in total. The van der Waals surface area contributed by atoms with Crippen LogP contribution in [0.2, 0.25) is 0 Å². The first kappa shape index (κ1) is 24.9. The molecule has 1 amide bonds. The highest BCUT2D eigenvalue weighted by Gasteiger charge is 2.27. The Morgan fingerprint density at radius 1 is 0.795 bits per heavy atom. The third-order valence-corrected chi connectivity index (χ3v) is 7.42. The Morgan fingerprint density at radius 3 is 2.23 bits per heavy atom. The Bertz CT molecular complexity index is 1360. The molecule has 0 spiro atoms. The van der Waals surface area contributed by atoms with Gasteiger partial charge in [0.2, 0.25) is 5.91 Å². The lowest BCUT2D eigenvalue weighted by atomic mass is 9.96. The van der Waals surface area contributed by atoms with Crippen LogP contribution in [0, 0.1) is 5.92 Å². The predicted octanol–water partition coefficient (Wildman–Crippen LogP) is 2.63. The summed E-state index contributed by atoms with van der Waals surface area (Å²) < 4.78 is 1.71. The molecule has 2 fully saturated rings. The van der Waals surface area contributed by atoms with Gasteiger partial charge in [-0.3, -0.25) is 9.69 Å². The number of piperidine rings is 1. The van der Waals surface area contributed by atoms with Crippen molar-refractivity contribution in [1.82, 2.24) is 34.6 Å². The molecule has 0 aliphatic carbocycles. The van der Waals surface area contributed by atoms with E-state index < -0.39 is 0 Å². The second kappa shape index (κ2) is 11.6. The van der Waals surface area contributed by atoms with Gasteiger partial charge in [0.1, 0.15) is 30.1 Å². The molecule has 11 nitrogen and oxygen atoms in total. The Balaban J connectivity index is 1.00. The monoisotopic (exact) mass is 524 g/mol. The molecule has 2 saturated heterocycles. The summed E-state index contributed by atoms with van der Waals surface area (Å²) in [6, 6.07) is 16.2. The van der Waals surface area contributed by atoms with Crippen LogP contribution in [0.25, 0.3) is 5.82 Å². The molecule has 4 aromatic rings. The zero-order valence-corrected chi connectivity index (χ0v) is 21.8. The van der Waals surface area contributed by atoms with Gasteiger partial charge in [0.05, 0.1) is 0 Å². The number of hydrogen-bond donors (Lipinski definition) is 1. The van der Waals surface area contributed by atoms with Gasteiger partial charge in [-0.25, -0.2) is 24.6 Å². The predicted molar refractivity (Wildman–Crippen MR) is 149 cm³/mol. The Morgan fingerprint density at radius 2 is 1.49 bits per heavy atom. The minimum atomic E-state index is -0.0754. The maximum absolute atomic E-state index is 13.1. The molecule has 0 unspecified atom stereocenters. The molecule has 39 heavy (non-hydrogen) atoms. The van der Waals surface area contributed by atoms with E-state index in [2.05, 4.69) is 75.4 Å². The van der Waals surface area contributed by atoms with Crippen molar-refractivity contribution in [2.75, 3.05) is 54.4 Å². The molecule has 0 bridgehead atoms. The largest absolute Gasteiger partial charge is 0.356 e. The van der Waals surface area contributed by atoms with E-state index in [1.165, 1.54) is 11.9 Å². The number of hydrogen-bond acceptors (Lipinski definition) is 9. The molecule has 11 heteroatoms. The van der Waals surface area contributed by atoms with Crippen LogP contribution in [0.15, 0.2) is 73.6 Å². The summed E-state index contributed by atoms with van der Waals surface area (Å²) in [7, 11) is 0. The third kappa shape index (κ3) is 6.04. The number of aromatic nitrogens is 6. The van der Waals surface area contributed by atoms with E-state index in [-0.39, 0.29) is 11.8 Å². The van der Waals surface area contributed by atoms with Gasteiger partial charge in [0.25, 0.3) is 0 Å². The Labute approximate surface area is 227 Å². The van der Waals surface area contributed by atoms with E-state index >= 15 is 0 Å². The van der Waals surface area contributed by atoms with Crippen molar-refractivity contribution in [2.24, 2.45) is 5.92 Å². The van der Waals surface area contributed by atoms with Crippen molar-refractivity contribution < 1.29 is 4.79 Å². The minimum Gasteiger partial charge on any atom is -0.356 e. The Kier molecular flexibility index (Phi) is 7.39. The van der Waals surface area contributed by atoms with Crippen LogP contribution in [0.1, 0.15) is 18.4 Å². The first-order valence-electron chi connectivity index (χ1n) is 13.4. The summed E-state index contributed by atoms with van der Waals surface area (Å²) in [6.45, 7) is 6.17. The average molecular weight is 525 g/mol. The van der Waals surface area contributed by atoms with Gasteiger partial charge in [0.15, 0.2) is 5.82 Å². The number of benzene rings is 1. The molecular weight excluding hydrogens is 492 g/mol. The number of anilines is 3. The summed E-state index contributed by atoms with van der Waals surface area (Å²) in [5.74, 6) is 2.91. The van der Waals surface area contributed by atoms with Gasteiger partial charge in [-0.1, -0.05) is 30.3 Å². The second-order valence-corrected chi connectivity index (χ2v) is 9.95. The van der Waals surface area contributed by atoms with Gasteiger partial charge in [0, 0.05) is 76.3 Å². The van der Waals surface area contributed by atoms with Gasteiger partial charge in [-0.15, -0.1) is 0 Å². The molecule has 0 saturated carbocycles. The van der Waals surface area contributed by atoms with Crippen molar-refractivity contribution in [3.63, 3.8) is 0 Å². The van der Waals surface area contributed by atoms with Crippen LogP contribution in [0.4, 0.5) is 17.5 Å². The van der Waals surface area contributed by atoms with E-state index in [1.807, 2.05) is 24.4 Å². The maximum atomic E-state index is 13.1. The summed E-state index contributed by atoms with van der Waals surface area (Å²) >= 11 is 0. The lowest BCUT2D eigenvalue weighted by Gasteiger charge is -2.35. The smallest absolute Gasteiger partial charge is 0.228 e. The normalized spacial score (nSPS) is 16.8. The number of carbonyl (C=O) groups is 1. The Hall–Kier alpha value is -4.38. The quantitative estimate of drug-likeness (QED) is 0.390. The lowest BCUT2D eigenvalue weighted by Crippen LogP contribution is -2.46. The molecule has 1 aromatic carbocycles. The van der Waals surface area contributed by atoms with E-state index in [0.717, 1.165) is 76.1 Å². The van der Waals surface area contributed by atoms with Crippen molar-refractivity contribution in [3.05, 3.63) is 79.1 Å². The van der Waals surface area contributed by atoms with Gasteiger partial charge in [-0.05, 0) is 24.5 Å². The molecule has 200 valence electrons. The molecule has 0 atom stereocenters. The van der Waals surface area contributed by atoms with Crippen LogP contribution in [0.5, 0.6) is 0 Å². The number of piperazine rings is 1. The highest BCUT2D eigenvalue weighted by molar-refractivity contribution is 5.92.